The average molecular weight is 626 g/mol. The zero-order valence-corrected chi connectivity index (χ0v) is 21.1. The zero-order valence-electron chi connectivity index (χ0n) is 16.7. The molecule has 2 aromatic heterocycles. The fraction of sp³-hybridized carbons (Fsp3) is 0.174. The van der Waals surface area contributed by atoms with E-state index in [1.165, 1.54) is 7.11 Å². The number of methoxy groups -OCH3 is 1. The lowest BCUT2D eigenvalue weighted by Crippen LogP contribution is -2.02. The molecule has 0 saturated carbocycles. The molecule has 0 atom stereocenters. The molecule has 4 rings (SSSR count). The van der Waals surface area contributed by atoms with Crippen LogP contribution in [0.25, 0.3) is 21.8 Å². The quantitative estimate of drug-likeness (QED) is 0.233. The molecule has 154 valence electrons. The van der Waals surface area contributed by atoms with Gasteiger partial charge >= 0.3 is 5.97 Å². The molecular weight excluding hydrogens is 606 g/mol. The van der Waals surface area contributed by atoms with E-state index in [2.05, 4.69) is 61.2 Å². The van der Waals surface area contributed by atoms with Gasteiger partial charge in [-0.1, -0.05) is 0 Å². The first kappa shape index (κ1) is 22.8. The molecule has 0 aliphatic carbocycles. The molecule has 0 radical (unpaired) electrons. The summed E-state index contributed by atoms with van der Waals surface area (Å²) in [6.07, 6.45) is 3.69. The van der Waals surface area contributed by atoms with Crippen LogP contribution in [0.15, 0.2) is 48.8 Å². The first-order chi connectivity index (χ1) is 14.3. The number of aliphatic hydroxyl groups excluding tert-OH is 1. The third kappa shape index (κ3) is 5.25. The van der Waals surface area contributed by atoms with E-state index in [0.29, 0.717) is 5.56 Å². The van der Waals surface area contributed by atoms with E-state index in [4.69, 9.17) is 9.84 Å². The van der Waals surface area contributed by atoms with Gasteiger partial charge in [-0.15, -0.1) is 0 Å². The maximum Gasteiger partial charge on any atom is 0.337 e. The van der Waals surface area contributed by atoms with Crippen molar-refractivity contribution in [2.24, 2.45) is 0 Å². The Morgan fingerprint density at radius 3 is 1.97 bits per heavy atom. The van der Waals surface area contributed by atoms with Crippen LogP contribution < -0.4 is 0 Å². The van der Waals surface area contributed by atoms with Crippen LogP contribution in [0.5, 0.6) is 0 Å². The van der Waals surface area contributed by atoms with Crippen molar-refractivity contribution < 1.29 is 14.6 Å². The first-order valence-corrected chi connectivity index (χ1v) is 11.3. The lowest BCUT2D eigenvalue weighted by atomic mass is 10.1. The second kappa shape index (κ2) is 9.97. The number of aryl methyl sites for hydroxylation is 2. The van der Waals surface area contributed by atoms with Crippen LogP contribution in [0.4, 0.5) is 0 Å². The van der Waals surface area contributed by atoms with Gasteiger partial charge in [0.25, 0.3) is 0 Å². The average Bonchev–Trinajstić information content (AvgIpc) is 2.72. The van der Waals surface area contributed by atoms with E-state index in [1.807, 2.05) is 50.5 Å². The van der Waals surface area contributed by atoms with E-state index < -0.39 is 0 Å². The normalized spacial score (nSPS) is 10.6. The monoisotopic (exact) mass is 626 g/mol. The Kier molecular flexibility index (Phi) is 7.59. The van der Waals surface area contributed by atoms with E-state index in [9.17, 15) is 4.79 Å². The molecule has 0 spiro atoms. The van der Waals surface area contributed by atoms with Crippen molar-refractivity contribution in [3.63, 3.8) is 0 Å². The largest absolute Gasteiger partial charge is 0.465 e. The van der Waals surface area contributed by atoms with Crippen LogP contribution in [0.2, 0.25) is 0 Å². The summed E-state index contributed by atoms with van der Waals surface area (Å²) in [4.78, 5) is 20.2. The van der Waals surface area contributed by atoms with Gasteiger partial charge in [0, 0.05) is 30.3 Å². The van der Waals surface area contributed by atoms with Crippen LogP contribution in [-0.2, 0) is 11.3 Å². The van der Waals surface area contributed by atoms with Gasteiger partial charge in [0.15, 0.2) is 0 Å². The number of aromatic nitrogens is 2. The summed E-state index contributed by atoms with van der Waals surface area (Å²) >= 11 is 4.42. The number of carbonyl (C=O) groups excluding carboxylic acids is 1. The van der Waals surface area contributed by atoms with E-state index in [-0.39, 0.29) is 12.6 Å². The summed E-state index contributed by atoms with van der Waals surface area (Å²) in [6.45, 7) is 4.08. The molecular formula is C23H20I2N2O3. The standard InChI is InChI=1S/C12H10INO2.C11H10INO/c1-7-3-8-4-9(12(15)16-2)5-10(13)11(8)14-6-7;1-7-2-9-3-8(6-14)4-10(12)11(9)13-5-7/h3-6H,1-2H3;2-5,14H,6H2,1H3. The van der Waals surface area contributed by atoms with Gasteiger partial charge in [-0.3, -0.25) is 9.97 Å². The number of halogens is 2. The second-order valence-electron chi connectivity index (χ2n) is 6.85. The molecule has 0 saturated heterocycles. The van der Waals surface area contributed by atoms with Crippen molar-refractivity contribution in [3.8, 4) is 0 Å². The summed E-state index contributed by atoms with van der Waals surface area (Å²) in [6, 6.07) is 11.6. The van der Waals surface area contributed by atoms with Crippen LogP contribution >= 0.6 is 45.2 Å². The molecule has 0 fully saturated rings. The van der Waals surface area contributed by atoms with Gasteiger partial charge in [-0.25, -0.2) is 4.79 Å². The highest BCUT2D eigenvalue weighted by Crippen LogP contribution is 2.23. The Balaban J connectivity index is 0.000000172. The number of hydrogen-bond donors (Lipinski definition) is 1. The van der Waals surface area contributed by atoms with Crippen LogP contribution in [0.1, 0.15) is 27.0 Å². The summed E-state index contributed by atoms with van der Waals surface area (Å²) in [5.41, 5.74) is 5.64. The van der Waals surface area contributed by atoms with Crippen molar-refractivity contribution >= 4 is 73.0 Å². The summed E-state index contributed by atoms with van der Waals surface area (Å²) in [5.74, 6) is -0.318. The minimum absolute atomic E-state index is 0.0832. The number of rotatable bonds is 2. The molecule has 0 aliphatic rings. The van der Waals surface area contributed by atoms with Crippen LogP contribution in [0, 0.1) is 21.0 Å². The molecule has 5 nitrogen and oxygen atoms in total. The molecule has 0 unspecified atom stereocenters. The van der Waals surface area contributed by atoms with E-state index in [0.717, 1.165) is 45.6 Å². The third-order valence-electron chi connectivity index (χ3n) is 4.41. The molecule has 2 aromatic carbocycles. The molecule has 0 aliphatic heterocycles. The lowest BCUT2D eigenvalue weighted by molar-refractivity contribution is 0.0601. The maximum absolute atomic E-state index is 11.4. The second-order valence-corrected chi connectivity index (χ2v) is 9.18. The van der Waals surface area contributed by atoms with Crippen molar-refractivity contribution in [2.45, 2.75) is 20.5 Å². The number of aliphatic hydroxyl groups is 1. The lowest BCUT2D eigenvalue weighted by Gasteiger charge is -2.05. The minimum Gasteiger partial charge on any atom is -0.465 e. The topological polar surface area (TPSA) is 72.3 Å². The smallest absolute Gasteiger partial charge is 0.337 e. The predicted octanol–water partition coefficient (Wildman–Crippen LogP) is 5.57. The molecule has 30 heavy (non-hydrogen) atoms. The number of fused-ring (bicyclic) bond motifs is 2. The number of nitrogens with zero attached hydrogens (tertiary/aromatic N) is 2. The van der Waals surface area contributed by atoms with E-state index in [1.54, 1.807) is 6.07 Å². The Morgan fingerprint density at radius 1 is 0.900 bits per heavy atom. The minimum atomic E-state index is -0.318. The number of carbonyl (C=O) groups is 1. The Hall–Kier alpha value is -1.85. The highest BCUT2D eigenvalue weighted by molar-refractivity contribution is 14.1. The molecule has 0 bridgehead atoms. The maximum atomic E-state index is 11.4. The first-order valence-electron chi connectivity index (χ1n) is 9.12. The number of ether oxygens (including phenoxy) is 1. The number of esters is 1. The highest BCUT2D eigenvalue weighted by Gasteiger charge is 2.10. The number of benzene rings is 2. The summed E-state index contributed by atoms with van der Waals surface area (Å²) in [5, 5.41) is 11.1. The van der Waals surface area contributed by atoms with Crippen molar-refractivity contribution in [1.82, 2.24) is 9.97 Å². The third-order valence-corrected chi connectivity index (χ3v) is 6.05. The van der Waals surface area contributed by atoms with Crippen molar-refractivity contribution in [1.29, 1.82) is 0 Å². The number of hydrogen-bond acceptors (Lipinski definition) is 5. The fourth-order valence-electron chi connectivity index (χ4n) is 3.02. The summed E-state index contributed by atoms with van der Waals surface area (Å²) in [7, 11) is 1.38. The molecule has 7 heteroatoms. The number of pyridine rings is 2. The van der Waals surface area contributed by atoms with Gasteiger partial charge < -0.3 is 9.84 Å². The van der Waals surface area contributed by atoms with Crippen molar-refractivity contribution in [2.75, 3.05) is 7.11 Å². The fourth-order valence-corrected chi connectivity index (χ4v) is 4.65. The van der Waals surface area contributed by atoms with Crippen LogP contribution in [-0.4, -0.2) is 28.2 Å². The molecule has 0 amide bonds. The van der Waals surface area contributed by atoms with Gasteiger partial charge in [-0.2, -0.15) is 0 Å². The highest BCUT2D eigenvalue weighted by atomic mass is 127. The molecule has 1 N–H and O–H groups in total. The molecule has 4 aromatic rings. The predicted molar refractivity (Wildman–Crippen MR) is 136 cm³/mol. The Bertz CT molecular complexity index is 1240. The van der Waals surface area contributed by atoms with Gasteiger partial charge in [0.1, 0.15) is 0 Å². The summed E-state index contributed by atoms with van der Waals surface area (Å²) < 4.78 is 6.75. The van der Waals surface area contributed by atoms with Gasteiger partial charge in [-0.05, 0) is 112 Å². The van der Waals surface area contributed by atoms with Crippen molar-refractivity contribution in [3.05, 3.63) is 78.2 Å². The zero-order chi connectivity index (χ0) is 21.8. The molecule has 2 heterocycles. The SMILES string of the molecule is COC(=O)c1cc(I)c2ncc(C)cc2c1.Cc1cnc2c(I)cc(CO)cc2c1. The van der Waals surface area contributed by atoms with Gasteiger partial charge in [0.05, 0.1) is 30.3 Å². The van der Waals surface area contributed by atoms with Gasteiger partial charge in [0.2, 0.25) is 0 Å². The Labute approximate surface area is 202 Å². The van der Waals surface area contributed by atoms with Crippen LogP contribution in [0.3, 0.4) is 0 Å². The van der Waals surface area contributed by atoms with E-state index >= 15 is 0 Å². The Morgan fingerprint density at radius 2 is 1.43 bits per heavy atom.